The van der Waals surface area contributed by atoms with E-state index in [0.29, 0.717) is 19.5 Å². The summed E-state index contributed by atoms with van der Waals surface area (Å²) >= 11 is 0. The molecule has 0 atom stereocenters. The fourth-order valence-electron chi connectivity index (χ4n) is 2.20. The van der Waals surface area contributed by atoms with E-state index in [9.17, 15) is 22.8 Å². The third-order valence-corrected chi connectivity index (χ3v) is 3.39. The average molecular weight is 324 g/mol. The molecule has 1 aliphatic rings. The Labute approximate surface area is 128 Å². The quantitative estimate of drug-likeness (QED) is 0.830. The SMILES string of the molecule is CN(C)C(=O)CCNC(=O)N1CCCN(CC(F)(F)F)CC1. The predicted molar refractivity (Wildman–Crippen MR) is 75.4 cm³/mol. The molecule has 1 saturated heterocycles. The molecule has 0 radical (unpaired) electrons. The molecule has 128 valence electrons. The Morgan fingerprint density at radius 2 is 1.82 bits per heavy atom. The van der Waals surface area contributed by atoms with Crippen LogP contribution in [0.2, 0.25) is 0 Å². The van der Waals surface area contributed by atoms with Gasteiger partial charge in [-0.05, 0) is 6.42 Å². The second-order valence-electron chi connectivity index (χ2n) is 5.50. The van der Waals surface area contributed by atoms with Crippen molar-refractivity contribution in [3.8, 4) is 0 Å². The van der Waals surface area contributed by atoms with E-state index < -0.39 is 12.7 Å². The second-order valence-corrected chi connectivity index (χ2v) is 5.50. The van der Waals surface area contributed by atoms with Gasteiger partial charge in [0.2, 0.25) is 5.91 Å². The van der Waals surface area contributed by atoms with E-state index in [2.05, 4.69) is 5.32 Å². The van der Waals surface area contributed by atoms with Crippen LogP contribution in [0.5, 0.6) is 0 Å². The molecule has 1 aliphatic heterocycles. The van der Waals surface area contributed by atoms with Crippen LogP contribution < -0.4 is 5.32 Å². The van der Waals surface area contributed by atoms with Gasteiger partial charge in [0.25, 0.3) is 0 Å². The summed E-state index contributed by atoms with van der Waals surface area (Å²) in [6.07, 6.45) is -3.52. The first-order chi connectivity index (χ1) is 10.2. The fraction of sp³-hybridized carbons (Fsp3) is 0.846. The molecule has 1 rings (SSSR count). The minimum absolute atomic E-state index is 0.0903. The van der Waals surface area contributed by atoms with Gasteiger partial charge in [-0.15, -0.1) is 0 Å². The molecule has 0 aromatic heterocycles. The van der Waals surface area contributed by atoms with Crippen LogP contribution in [0.4, 0.5) is 18.0 Å². The first-order valence-corrected chi connectivity index (χ1v) is 7.21. The Bertz CT molecular complexity index is 388. The number of carbonyl (C=O) groups is 2. The summed E-state index contributed by atoms with van der Waals surface area (Å²) in [5.74, 6) is -0.0903. The number of halogens is 3. The van der Waals surface area contributed by atoms with Crippen molar-refractivity contribution in [1.29, 1.82) is 0 Å². The summed E-state index contributed by atoms with van der Waals surface area (Å²) in [5.41, 5.74) is 0. The molecule has 0 aliphatic carbocycles. The van der Waals surface area contributed by atoms with Gasteiger partial charge in [-0.2, -0.15) is 13.2 Å². The van der Waals surface area contributed by atoms with Crippen LogP contribution in [-0.2, 0) is 4.79 Å². The zero-order chi connectivity index (χ0) is 16.8. The highest BCUT2D eigenvalue weighted by Gasteiger charge is 2.31. The summed E-state index contributed by atoms with van der Waals surface area (Å²) in [5, 5.41) is 2.63. The second kappa shape index (κ2) is 8.21. The lowest BCUT2D eigenvalue weighted by atomic mass is 10.3. The van der Waals surface area contributed by atoms with E-state index in [1.54, 1.807) is 14.1 Å². The van der Waals surface area contributed by atoms with Crippen molar-refractivity contribution in [2.24, 2.45) is 0 Å². The highest BCUT2D eigenvalue weighted by molar-refractivity contribution is 5.78. The normalized spacial score (nSPS) is 17.0. The third kappa shape index (κ3) is 6.97. The number of nitrogens with zero attached hydrogens (tertiary/aromatic N) is 3. The maximum absolute atomic E-state index is 12.4. The largest absolute Gasteiger partial charge is 0.401 e. The molecule has 6 nitrogen and oxygen atoms in total. The van der Waals surface area contributed by atoms with Gasteiger partial charge in [-0.1, -0.05) is 0 Å². The fourth-order valence-corrected chi connectivity index (χ4v) is 2.20. The van der Waals surface area contributed by atoms with E-state index >= 15 is 0 Å². The zero-order valence-corrected chi connectivity index (χ0v) is 12.9. The lowest BCUT2D eigenvalue weighted by Gasteiger charge is -2.23. The number of urea groups is 1. The number of hydrogen-bond acceptors (Lipinski definition) is 3. The molecule has 1 fully saturated rings. The van der Waals surface area contributed by atoms with Crippen LogP contribution in [0, 0.1) is 0 Å². The molecular formula is C13H23F3N4O2. The topological polar surface area (TPSA) is 55.9 Å². The maximum Gasteiger partial charge on any atom is 0.401 e. The third-order valence-electron chi connectivity index (χ3n) is 3.39. The van der Waals surface area contributed by atoms with E-state index in [1.165, 1.54) is 14.7 Å². The molecule has 1 heterocycles. The van der Waals surface area contributed by atoms with Gasteiger partial charge < -0.3 is 15.1 Å². The van der Waals surface area contributed by atoms with Crippen molar-refractivity contribution in [2.75, 3.05) is 53.4 Å². The molecule has 0 unspecified atom stereocenters. The van der Waals surface area contributed by atoms with Gasteiger partial charge in [0.1, 0.15) is 0 Å². The average Bonchev–Trinajstić information content (AvgIpc) is 2.62. The zero-order valence-electron chi connectivity index (χ0n) is 12.9. The van der Waals surface area contributed by atoms with Crippen LogP contribution in [0.25, 0.3) is 0 Å². The molecule has 0 saturated carbocycles. The summed E-state index contributed by atoms with van der Waals surface area (Å²) in [4.78, 5) is 27.6. The lowest BCUT2D eigenvalue weighted by molar-refractivity contribution is -0.145. The van der Waals surface area contributed by atoms with Crippen molar-refractivity contribution >= 4 is 11.9 Å². The van der Waals surface area contributed by atoms with Crippen LogP contribution in [0.15, 0.2) is 0 Å². The van der Waals surface area contributed by atoms with Crippen molar-refractivity contribution in [2.45, 2.75) is 19.0 Å². The highest BCUT2D eigenvalue weighted by atomic mass is 19.4. The van der Waals surface area contributed by atoms with E-state index in [0.717, 1.165) is 0 Å². The van der Waals surface area contributed by atoms with Crippen LogP contribution in [0.1, 0.15) is 12.8 Å². The molecule has 1 N–H and O–H groups in total. The number of hydrogen-bond donors (Lipinski definition) is 1. The molecule has 22 heavy (non-hydrogen) atoms. The number of carbonyl (C=O) groups excluding carboxylic acids is 2. The summed E-state index contributed by atoms with van der Waals surface area (Å²) in [7, 11) is 3.27. The number of alkyl halides is 3. The Balaban J connectivity index is 2.34. The van der Waals surface area contributed by atoms with E-state index in [-0.39, 0.29) is 38.0 Å². The van der Waals surface area contributed by atoms with E-state index in [1.807, 2.05) is 0 Å². The first kappa shape index (κ1) is 18.5. The predicted octanol–water partition coefficient (Wildman–Crippen LogP) is 0.744. The monoisotopic (exact) mass is 324 g/mol. The van der Waals surface area contributed by atoms with Gasteiger partial charge in [0.15, 0.2) is 0 Å². The molecule has 0 aromatic carbocycles. The van der Waals surface area contributed by atoms with Crippen molar-refractivity contribution in [3.05, 3.63) is 0 Å². The van der Waals surface area contributed by atoms with Crippen molar-refractivity contribution in [3.63, 3.8) is 0 Å². The number of nitrogens with one attached hydrogen (secondary N) is 1. The van der Waals surface area contributed by atoms with Gasteiger partial charge in [0, 0.05) is 53.2 Å². The lowest BCUT2D eigenvalue weighted by Crippen LogP contribution is -2.43. The number of amides is 3. The van der Waals surface area contributed by atoms with Crippen LogP contribution >= 0.6 is 0 Å². The Morgan fingerprint density at radius 3 is 2.41 bits per heavy atom. The number of rotatable bonds is 4. The van der Waals surface area contributed by atoms with E-state index in [4.69, 9.17) is 0 Å². The Hall–Kier alpha value is -1.51. The molecule has 0 bridgehead atoms. The minimum atomic E-state index is -4.22. The molecule has 0 spiro atoms. The van der Waals surface area contributed by atoms with Crippen molar-refractivity contribution < 1.29 is 22.8 Å². The summed E-state index contributed by atoms with van der Waals surface area (Å²) in [6.45, 7) is 0.468. The van der Waals surface area contributed by atoms with Gasteiger partial charge in [-0.3, -0.25) is 9.69 Å². The minimum Gasteiger partial charge on any atom is -0.349 e. The molecule has 9 heteroatoms. The van der Waals surface area contributed by atoms with Crippen molar-refractivity contribution in [1.82, 2.24) is 20.0 Å². The smallest absolute Gasteiger partial charge is 0.349 e. The Morgan fingerprint density at radius 1 is 1.14 bits per heavy atom. The van der Waals surface area contributed by atoms with Crippen LogP contribution in [0.3, 0.4) is 0 Å². The Kier molecular flexibility index (Phi) is 6.92. The maximum atomic E-state index is 12.4. The first-order valence-electron chi connectivity index (χ1n) is 7.21. The highest BCUT2D eigenvalue weighted by Crippen LogP contribution is 2.17. The summed E-state index contributed by atoms with van der Waals surface area (Å²) < 4.78 is 37.1. The van der Waals surface area contributed by atoms with Gasteiger partial charge >= 0.3 is 12.2 Å². The van der Waals surface area contributed by atoms with Crippen LogP contribution in [-0.4, -0.2) is 86.2 Å². The molecule has 3 amide bonds. The van der Waals surface area contributed by atoms with Gasteiger partial charge in [0.05, 0.1) is 6.54 Å². The summed E-state index contributed by atoms with van der Waals surface area (Å²) in [6, 6.07) is -0.333. The standard InChI is InChI=1S/C13H23F3N4O2/c1-18(2)11(21)4-5-17-12(22)20-7-3-6-19(8-9-20)10-13(14,15)16/h3-10H2,1-2H3,(H,17,22). The molecule has 0 aromatic rings. The molecular weight excluding hydrogens is 301 g/mol. The van der Waals surface area contributed by atoms with Gasteiger partial charge in [-0.25, -0.2) is 4.79 Å².